The van der Waals surface area contributed by atoms with Crippen molar-refractivity contribution in [2.75, 3.05) is 18.4 Å². The molecule has 1 unspecified atom stereocenters. The van der Waals surface area contributed by atoms with Gasteiger partial charge in [0.2, 0.25) is 5.95 Å². The molecule has 2 aromatic heterocycles. The first-order valence-corrected chi connectivity index (χ1v) is 13.3. The number of halogens is 1. The lowest BCUT2D eigenvalue weighted by atomic mass is 10.0. The fourth-order valence-corrected chi connectivity index (χ4v) is 5.74. The number of hydrogen-bond donors (Lipinski definition) is 3. The smallest absolute Gasteiger partial charge is 0.227 e. The number of H-pyrrole nitrogens is 1. The topological polar surface area (TPSA) is 68.9 Å². The number of fused-ring (bicyclic) bond motifs is 1. The van der Waals surface area contributed by atoms with Crippen molar-refractivity contribution in [3.05, 3.63) is 70.5 Å². The molecule has 36 heavy (non-hydrogen) atoms. The first-order chi connectivity index (χ1) is 17.4. The van der Waals surface area contributed by atoms with Gasteiger partial charge in [-0.25, -0.2) is 9.97 Å². The second kappa shape index (κ2) is 9.51. The van der Waals surface area contributed by atoms with E-state index in [1.807, 2.05) is 6.20 Å². The summed E-state index contributed by atoms with van der Waals surface area (Å²) >= 11 is 6.58. The van der Waals surface area contributed by atoms with Gasteiger partial charge in [0, 0.05) is 60.1 Å². The molecule has 7 heteroatoms. The molecule has 1 saturated heterocycles. The number of benzene rings is 2. The highest BCUT2D eigenvalue weighted by atomic mass is 35.5. The van der Waals surface area contributed by atoms with Gasteiger partial charge in [0.1, 0.15) is 0 Å². The number of hydrogen-bond acceptors (Lipinski definition) is 5. The fourth-order valence-electron chi connectivity index (χ4n) is 5.54. The summed E-state index contributed by atoms with van der Waals surface area (Å²) in [5, 5.41) is 8.76. The molecule has 1 aliphatic carbocycles. The van der Waals surface area contributed by atoms with Gasteiger partial charge >= 0.3 is 0 Å². The molecule has 0 amide bonds. The van der Waals surface area contributed by atoms with Crippen LogP contribution in [0.15, 0.2) is 48.8 Å². The highest BCUT2D eigenvalue weighted by Crippen LogP contribution is 2.42. The zero-order chi connectivity index (χ0) is 24.8. The van der Waals surface area contributed by atoms with E-state index in [1.54, 1.807) is 6.20 Å². The molecular weight excluding hydrogens is 468 g/mol. The van der Waals surface area contributed by atoms with Crippen LogP contribution >= 0.6 is 11.6 Å². The van der Waals surface area contributed by atoms with E-state index in [0.717, 1.165) is 47.5 Å². The van der Waals surface area contributed by atoms with Gasteiger partial charge in [-0.1, -0.05) is 29.8 Å². The lowest BCUT2D eigenvalue weighted by Crippen LogP contribution is -2.53. The molecule has 0 radical (unpaired) electrons. The number of aryl methyl sites for hydroxylation is 1. The molecule has 2 aromatic carbocycles. The number of aromatic nitrogens is 3. The SMILES string of the molecule is Cc1ccc2c(-c3nc(Nc4cc(CN5CC(C)N[C@@H](C)C5)cc(C5CC5)c4)ncc3Cl)c[nH]c2c1. The second-order valence-electron chi connectivity index (χ2n) is 10.7. The zero-order valence-electron chi connectivity index (χ0n) is 21.1. The van der Waals surface area contributed by atoms with Gasteiger partial charge in [-0.3, -0.25) is 4.90 Å². The van der Waals surface area contributed by atoms with Crippen LogP contribution in [-0.2, 0) is 6.54 Å². The average molecular weight is 501 g/mol. The maximum absolute atomic E-state index is 6.58. The molecule has 0 bridgehead atoms. The van der Waals surface area contributed by atoms with Crippen molar-refractivity contribution in [3.8, 4) is 11.3 Å². The van der Waals surface area contributed by atoms with Crippen molar-refractivity contribution in [2.45, 2.75) is 58.2 Å². The number of rotatable bonds is 6. The highest BCUT2D eigenvalue weighted by molar-refractivity contribution is 6.33. The van der Waals surface area contributed by atoms with Crippen molar-refractivity contribution >= 4 is 34.1 Å². The minimum atomic E-state index is 0.507. The van der Waals surface area contributed by atoms with Crippen molar-refractivity contribution in [3.63, 3.8) is 0 Å². The van der Waals surface area contributed by atoms with Gasteiger partial charge in [0.25, 0.3) is 0 Å². The second-order valence-corrected chi connectivity index (χ2v) is 11.1. The van der Waals surface area contributed by atoms with Crippen LogP contribution in [0.4, 0.5) is 11.6 Å². The van der Waals surface area contributed by atoms with Crippen LogP contribution in [0.3, 0.4) is 0 Å². The van der Waals surface area contributed by atoms with Crippen molar-refractivity contribution in [1.82, 2.24) is 25.2 Å². The molecule has 3 N–H and O–H groups in total. The number of anilines is 2. The molecule has 1 saturated carbocycles. The van der Waals surface area contributed by atoms with Gasteiger partial charge in [-0.2, -0.15) is 0 Å². The van der Waals surface area contributed by atoms with Crippen molar-refractivity contribution in [1.29, 1.82) is 0 Å². The first-order valence-electron chi connectivity index (χ1n) is 12.9. The standard InChI is InChI=1S/C29H33ClN6/c1-17-4-7-24-25(12-31-27(24)8-17)28-26(30)13-32-29(35-28)34-23-10-20(9-22(11-23)21-5-6-21)16-36-14-18(2)33-19(3)15-36/h4,7-13,18-19,21,31,33H,5-6,14-16H2,1-3H3,(H,32,34,35)/t18-,19?/m0/s1. The summed E-state index contributed by atoms with van der Waals surface area (Å²) in [6, 6.07) is 14.3. The zero-order valence-corrected chi connectivity index (χ0v) is 21.9. The summed E-state index contributed by atoms with van der Waals surface area (Å²) in [4.78, 5) is 15.3. The molecule has 2 atom stereocenters. The Morgan fingerprint density at radius 3 is 2.67 bits per heavy atom. The summed E-state index contributed by atoms with van der Waals surface area (Å²) in [5.41, 5.74) is 7.78. The third-order valence-electron chi connectivity index (χ3n) is 7.20. The number of nitrogens with one attached hydrogen (secondary N) is 3. The lowest BCUT2D eigenvalue weighted by molar-refractivity contribution is 0.166. The van der Waals surface area contributed by atoms with Gasteiger partial charge in [0.05, 0.1) is 16.9 Å². The third-order valence-corrected chi connectivity index (χ3v) is 7.47. The Bertz CT molecular complexity index is 1400. The third kappa shape index (κ3) is 4.99. The number of nitrogens with zero attached hydrogens (tertiary/aromatic N) is 3. The Hall–Kier alpha value is -2.93. The van der Waals surface area contributed by atoms with Crippen LogP contribution < -0.4 is 10.6 Å². The van der Waals surface area contributed by atoms with Gasteiger partial charge in [-0.15, -0.1) is 0 Å². The monoisotopic (exact) mass is 500 g/mol. The van der Waals surface area contributed by atoms with E-state index in [0.29, 0.717) is 29.0 Å². The van der Waals surface area contributed by atoms with E-state index in [2.05, 4.69) is 82.7 Å². The summed E-state index contributed by atoms with van der Waals surface area (Å²) in [7, 11) is 0. The quantitative estimate of drug-likeness (QED) is 0.286. The molecule has 3 heterocycles. The molecule has 6 nitrogen and oxygen atoms in total. The summed E-state index contributed by atoms with van der Waals surface area (Å²) in [6.07, 6.45) is 6.20. The Balaban J connectivity index is 1.29. The Kier molecular flexibility index (Phi) is 6.20. The molecule has 6 rings (SSSR count). The Morgan fingerprint density at radius 1 is 1.08 bits per heavy atom. The van der Waals surface area contributed by atoms with Crippen LogP contribution in [0, 0.1) is 6.92 Å². The Morgan fingerprint density at radius 2 is 1.89 bits per heavy atom. The first kappa shape index (κ1) is 23.5. The molecule has 2 fully saturated rings. The molecule has 2 aliphatic rings. The van der Waals surface area contributed by atoms with E-state index in [4.69, 9.17) is 16.6 Å². The van der Waals surface area contributed by atoms with E-state index in [9.17, 15) is 0 Å². The highest BCUT2D eigenvalue weighted by Gasteiger charge is 2.26. The molecule has 1 aliphatic heterocycles. The Labute approximate surface area is 217 Å². The van der Waals surface area contributed by atoms with Crippen LogP contribution in [0.5, 0.6) is 0 Å². The van der Waals surface area contributed by atoms with Crippen LogP contribution in [-0.4, -0.2) is 45.0 Å². The van der Waals surface area contributed by atoms with E-state index >= 15 is 0 Å². The summed E-state index contributed by atoms with van der Waals surface area (Å²) in [5.74, 6) is 1.22. The van der Waals surface area contributed by atoms with Crippen LogP contribution in [0.1, 0.15) is 49.3 Å². The van der Waals surface area contributed by atoms with E-state index < -0.39 is 0 Å². The van der Waals surface area contributed by atoms with E-state index in [-0.39, 0.29) is 0 Å². The summed E-state index contributed by atoms with van der Waals surface area (Å²) < 4.78 is 0. The predicted molar refractivity (Wildman–Crippen MR) is 148 cm³/mol. The van der Waals surface area contributed by atoms with Crippen molar-refractivity contribution < 1.29 is 0 Å². The minimum Gasteiger partial charge on any atom is -0.360 e. The number of piperazine rings is 1. The predicted octanol–water partition coefficient (Wildman–Crippen LogP) is 6.39. The molecular formula is C29H33ClN6. The summed E-state index contributed by atoms with van der Waals surface area (Å²) in [6.45, 7) is 9.70. The van der Waals surface area contributed by atoms with Crippen LogP contribution in [0.2, 0.25) is 5.02 Å². The maximum Gasteiger partial charge on any atom is 0.227 e. The normalized spacial score (nSPS) is 20.7. The lowest BCUT2D eigenvalue weighted by Gasteiger charge is -2.36. The minimum absolute atomic E-state index is 0.507. The van der Waals surface area contributed by atoms with Gasteiger partial charge in [-0.05, 0) is 74.4 Å². The van der Waals surface area contributed by atoms with Gasteiger partial charge < -0.3 is 15.6 Å². The van der Waals surface area contributed by atoms with Gasteiger partial charge in [0.15, 0.2) is 0 Å². The maximum atomic E-state index is 6.58. The molecule has 4 aromatic rings. The average Bonchev–Trinajstić information content (AvgIpc) is 3.60. The van der Waals surface area contributed by atoms with E-state index in [1.165, 1.54) is 29.5 Å². The largest absolute Gasteiger partial charge is 0.360 e. The number of aromatic amines is 1. The molecule has 186 valence electrons. The van der Waals surface area contributed by atoms with Crippen LogP contribution in [0.25, 0.3) is 22.2 Å². The fraction of sp³-hybridized carbons (Fsp3) is 0.379. The van der Waals surface area contributed by atoms with Crippen molar-refractivity contribution in [2.24, 2.45) is 0 Å². The molecule has 0 spiro atoms.